The van der Waals surface area contributed by atoms with E-state index in [4.69, 9.17) is 23.7 Å². The Bertz CT molecular complexity index is 948. The number of aromatic hydroxyl groups is 1. The van der Waals surface area contributed by atoms with Crippen LogP contribution in [0.15, 0.2) is 35.9 Å². The van der Waals surface area contributed by atoms with Crippen LogP contribution in [0, 0.1) is 5.92 Å². The summed E-state index contributed by atoms with van der Waals surface area (Å²) in [5.74, 6) is 1.52. The van der Waals surface area contributed by atoms with Gasteiger partial charge in [-0.1, -0.05) is 6.07 Å². The summed E-state index contributed by atoms with van der Waals surface area (Å²) in [6.07, 6.45) is 2.34. The Morgan fingerprint density at radius 1 is 1.11 bits per heavy atom. The SMILES string of the molecule is COc1cc(/C=C2\C(=O)OCC2Cc2ccc3c(c2)OCO3)cc(O)c1OC. The van der Waals surface area contributed by atoms with Gasteiger partial charge in [0.15, 0.2) is 23.0 Å². The minimum Gasteiger partial charge on any atom is -0.504 e. The van der Waals surface area contributed by atoms with Crippen molar-refractivity contribution in [3.8, 4) is 28.7 Å². The van der Waals surface area contributed by atoms with Crippen LogP contribution in [0.2, 0.25) is 0 Å². The number of esters is 1. The largest absolute Gasteiger partial charge is 0.504 e. The highest BCUT2D eigenvalue weighted by atomic mass is 16.7. The lowest BCUT2D eigenvalue weighted by Crippen LogP contribution is -2.07. The maximum absolute atomic E-state index is 12.3. The Labute approximate surface area is 162 Å². The number of methoxy groups -OCH3 is 2. The van der Waals surface area contributed by atoms with Gasteiger partial charge in [0, 0.05) is 11.5 Å². The van der Waals surface area contributed by atoms with Gasteiger partial charge in [0.2, 0.25) is 12.5 Å². The van der Waals surface area contributed by atoms with Crippen molar-refractivity contribution in [3.05, 3.63) is 47.0 Å². The van der Waals surface area contributed by atoms with Crippen LogP contribution < -0.4 is 18.9 Å². The van der Waals surface area contributed by atoms with Gasteiger partial charge in [0.1, 0.15) is 0 Å². The van der Waals surface area contributed by atoms with E-state index in [1.54, 1.807) is 12.1 Å². The summed E-state index contributed by atoms with van der Waals surface area (Å²) in [6.45, 7) is 0.524. The van der Waals surface area contributed by atoms with E-state index in [2.05, 4.69) is 0 Å². The Morgan fingerprint density at radius 3 is 2.71 bits per heavy atom. The lowest BCUT2D eigenvalue weighted by Gasteiger charge is -2.12. The molecule has 2 aliphatic heterocycles. The number of benzene rings is 2. The fourth-order valence-electron chi connectivity index (χ4n) is 3.44. The van der Waals surface area contributed by atoms with Crippen LogP contribution in [0.5, 0.6) is 28.7 Å². The number of carbonyl (C=O) groups excluding carboxylic acids is 1. The zero-order valence-corrected chi connectivity index (χ0v) is 15.6. The van der Waals surface area contributed by atoms with Crippen molar-refractivity contribution < 1.29 is 33.6 Å². The molecule has 0 aromatic heterocycles. The van der Waals surface area contributed by atoms with Gasteiger partial charge in [-0.2, -0.15) is 0 Å². The van der Waals surface area contributed by atoms with Crippen molar-refractivity contribution in [2.45, 2.75) is 6.42 Å². The van der Waals surface area contributed by atoms with E-state index in [1.807, 2.05) is 18.2 Å². The second-order valence-electron chi connectivity index (χ2n) is 6.56. The van der Waals surface area contributed by atoms with E-state index in [0.29, 0.717) is 35.7 Å². The van der Waals surface area contributed by atoms with Gasteiger partial charge in [-0.3, -0.25) is 0 Å². The minimum atomic E-state index is -0.361. The van der Waals surface area contributed by atoms with Crippen LogP contribution in [-0.4, -0.2) is 38.7 Å². The molecule has 7 nitrogen and oxygen atoms in total. The third-order valence-corrected chi connectivity index (χ3v) is 4.81. The average molecular weight is 384 g/mol. The number of phenolic OH excluding ortho intramolecular Hbond substituents is 1. The van der Waals surface area contributed by atoms with Crippen LogP contribution in [0.1, 0.15) is 11.1 Å². The van der Waals surface area contributed by atoms with Crippen molar-refractivity contribution in [1.82, 2.24) is 0 Å². The van der Waals surface area contributed by atoms with E-state index in [-0.39, 0.29) is 30.2 Å². The first kappa shape index (κ1) is 18.0. The highest BCUT2D eigenvalue weighted by molar-refractivity contribution is 5.96. The monoisotopic (exact) mass is 384 g/mol. The molecule has 1 unspecified atom stereocenters. The first-order valence-electron chi connectivity index (χ1n) is 8.81. The second kappa shape index (κ2) is 7.34. The minimum absolute atomic E-state index is 0.0626. The van der Waals surface area contributed by atoms with Gasteiger partial charge in [0.05, 0.1) is 20.8 Å². The summed E-state index contributed by atoms with van der Waals surface area (Å²) in [5, 5.41) is 10.2. The van der Waals surface area contributed by atoms with Crippen LogP contribution in [0.3, 0.4) is 0 Å². The maximum atomic E-state index is 12.3. The van der Waals surface area contributed by atoms with Gasteiger partial charge in [0.25, 0.3) is 0 Å². The molecule has 0 aliphatic carbocycles. The lowest BCUT2D eigenvalue weighted by atomic mass is 9.92. The topological polar surface area (TPSA) is 83.5 Å². The molecular formula is C21H20O7. The number of ether oxygens (including phenoxy) is 5. The number of hydrogen-bond acceptors (Lipinski definition) is 7. The predicted molar refractivity (Wildman–Crippen MR) is 99.9 cm³/mol. The number of rotatable bonds is 5. The third-order valence-electron chi connectivity index (χ3n) is 4.81. The molecule has 0 radical (unpaired) electrons. The Kier molecular flexibility index (Phi) is 4.73. The van der Waals surface area contributed by atoms with E-state index in [1.165, 1.54) is 20.3 Å². The molecule has 1 N–H and O–H groups in total. The maximum Gasteiger partial charge on any atom is 0.334 e. The Morgan fingerprint density at radius 2 is 1.93 bits per heavy atom. The van der Waals surface area contributed by atoms with Crippen molar-refractivity contribution in [2.75, 3.05) is 27.6 Å². The van der Waals surface area contributed by atoms with Crippen molar-refractivity contribution in [3.63, 3.8) is 0 Å². The van der Waals surface area contributed by atoms with Crippen LogP contribution in [0.25, 0.3) is 6.08 Å². The van der Waals surface area contributed by atoms with Crippen molar-refractivity contribution in [1.29, 1.82) is 0 Å². The van der Waals surface area contributed by atoms with E-state index in [9.17, 15) is 9.90 Å². The fourth-order valence-corrected chi connectivity index (χ4v) is 3.44. The lowest BCUT2D eigenvalue weighted by molar-refractivity contribution is -0.135. The molecule has 0 amide bonds. The van der Waals surface area contributed by atoms with Crippen LogP contribution in [0.4, 0.5) is 0 Å². The van der Waals surface area contributed by atoms with E-state index >= 15 is 0 Å². The van der Waals surface area contributed by atoms with Gasteiger partial charge in [-0.05, 0) is 47.9 Å². The molecule has 4 rings (SSSR count). The standard InChI is InChI=1S/C21H20O7/c1-24-19-9-13(7-16(22)20(19)25-2)6-15-14(10-26-21(15)23)5-12-3-4-17-18(8-12)28-11-27-17/h3-4,6-9,14,22H,5,10-11H2,1-2H3/b15-6-. The predicted octanol–water partition coefficient (Wildman–Crippen LogP) is 2.94. The molecule has 2 aliphatic rings. The summed E-state index contributed by atoms with van der Waals surface area (Å²) in [5.41, 5.74) is 2.19. The molecule has 146 valence electrons. The molecule has 2 heterocycles. The van der Waals surface area contributed by atoms with Gasteiger partial charge >= 0.3 is 5.97 Å². The second-order valence-corrected chi connectivity index (χ2v) is 6.56. The van der Waals surface area contributed by atoms with Crippen LogP contribution in [-0.2, 0) is 16.0 Å². The molecular weight excluding hydrogens is 364 g/mol. The molecule has 0 saturated carbocycles. The van der Waals surface area contributed by atoms with Crippen molar-refractivity contribution >= 4 is 12.0 Å². The van der Waals surface area contributed by atoms with Crippen LogP contribution >= 0.6 is 0 Å². The molecule has 7 heteroatoms. The molecule has 0 bridgehead atoms. The first-order valence-corrected chi connectivity index (χ1v) is 8.81. The third kappa shape index (κ3) is 3.31. The molecule has 1 saturated heterocycles. The van der Waals surface area contributed by atoms with Gasteiger partial charge < -0.3 is 28.8 Å². The Hall–Kier alpha value is -3.35. The summed E-state index contributed by atoms with van der Waals surface area (Å²) in [4.78, 5) is 12.3. The zero-order chi connectivity index (χ0) is 19.7. The smallest absolute Gasteiger partial charge is 0.334 e. The molecule has 0 spiro atoms. The Balaban J connectivity index is 1.62. The number of phenols is 1. The van der Waals surface area contributed by atoms with E-state index in [0.717, 1.165) is 11.3 Å². The molecule has 2 aromatic carbocycles. The normalized spacial score (nSPS) is 19.0. The average Bonchev–Trinajstić information content (AvgIpc) is 3.29. The quantitative estimate of drug-likeness (QED) is 0.627. The molecule has 28 heavy (non-hydrogen) atoms. The van der Waals surface area contributed by atoms with Gasteiger partial charge in [-0.25, -0.2) is 4.79 Å². The zero-order valence-electron chi connectivity index (χ0n) is 15.6. The number of fused-ring (bicyclic) bond motifs is 1. The summed E-state index contributed by atoms with van der Waals surface area (Å²) in [7, 11) is 2.94. The number of carbonyl (C=O) groups is 1. The highest BCUT2D eigenvalue weighted by Crippen LogP contribution is 2.39. The summed E-state index contributed by atoms with van der Waals surface area (Å²) < 4.78 is 26.4. The van der Waals surface area contributed by atoms with Gasteiger partial charge in [-0.15, -0.1) is 0 Å². The summed E-state index contributed by atoms with van der Waals surface area (Å²) >= 11 is 0. The summed E-state index contributed by atoms with van der Waals surface area (Å²) in [6, 6.07) is 8.97. The number of hydrogen-bond donors (Lipinski definition) is 1. The molecule has 1 fully saturated rings. The number of cyclic esters (lactones) is 1. The highest BCUT2D eigenvalue weighted by Gasteiger charge is 2.31. The first-order chi connectivity index (χ1) is 13.6. The van der Waals surface area contributed by atoms with E-state index < -0.39 is 0 Å². The van der Waals surface area contributed by atoms with Crippen molar-refractivity contribution in [2.24, 2.45) is 5.92 Å². The fraction of sp³-hybridized carbons (Fsp3) is 0.286. The molecule has 1 atom stereocenters. The molecule has 2 aromatic rings.